The lowest BCUT2D eigenvalue weighted by molar-refractivity contribution is -0.139. The number of rotatable bonds is 2. The van der Waals surface area contributed by atoms with Crippen molar-refractivity contribution in [2.75, 3.05) is 19.6 Å². The van der Waals surface area contributed by atoms with Gasteiger partial charge in [-0.05, 0) is 57.5 Å². The Labute approximate surface area is 131 Å². The fourth-order valence-corrected chi connectivity index (χ4v) is 4.12. The van der Waals surface area contributed by atoms with Crippen LogP contribution < -0.4 is 5.32 Å². The van der Waals surface area contributed by atoms with E-state index in [2.05, 4.69) is 30.1 Å². The highest BCUT2D eigenvalue weighted by molar-refractivity contribution is 6.30. The maximum atomic E-state index is 13.1. The van der Waals surface area contributed by atoms with Crippen molar-refractivity contribution in [3.8, 4) is 0 Å². The minimum atomic E-state index is -0.236. The van der Waals surface area contributed by atoms with Crippen molar-refractivity contribution in [1.82, 2.24) is 10.2 Å². The number of carbonyl (C=O) groups excluding carboxylic acids is 1. The molecule has 3 rings (SSSR count). The monoisotopic (exact) mass is 306 g/mol. The van der Waals surface area contributed by atoms with Crippen LogP contribution in [-0.4, -0.2) is 36.5 Å². The van der Waals surface area contributed by atoms with E-state index in [0.29, 0.717) is 5.91 Å². The number of hydrogen-bond donors (Lipinski definition) is 1. The minimum absolute atomic E-state index is 0.236. The van der Waals surface area contributed by atoms with Crippen molar-refractivity contribution >= 4 is 17.5 Å². The zero-order valence-electron chi connectivity index (χ0n) is 12.7. The smallest absolute Gasteiger partial charge is 0.229 e. The molecule has 2 fully saturated rings. The van der Waals surface area contributed by atoms with E-state index in [9.17, 15) is 4.79 Å². The molecule has 0 saturated carbocycles. The van der Waals surface area contributed by atoms with Gasteiger partial charge < -0.3 is 10.2 Å². The van der Waals surface area contributed by atoms with E-state index in [4.69, 9.17) is 11.6 Å². The summed E-state index contributed by atoms with van der Waals surface area (Å²) >= 11 is 6.18. The molecule has 3 nitrogen and oxygen atoms in total. The van der Waals surface area contributed by atoms with Crippen molar-refractivity contribution in [2.24, 2.45) is 5.41 Å². The highest BCUT2D eigenvalue weighted by Gasteiger charge is 2.54. The molecule has 1 N–H and O–H groups in total. The lowest BCUT2D eigenvalue weighted by atomic mass is 9.68. The molecule has 0 aromatic heterocycles. The number of carbonyl (C=O) groups is 1. The summed E-state index contributed by atoms with van der Waals surface area (Å²) in [6.45, 7) is 6.88. The molecular formula is C17H23ClN2O. The van der Waals surface area contributed by atoms with Gasteiger partial charge in [0.1, 0.15) is 0 Å². The molecule has 1 aromatic carbocycles. The van der Waals surface area contributed by atoms with E-state index in [0.717, 1.165) is 37.5 Å². The standard InChI is InChI=1S/C17H23ClN2O/c1-12(2)20-11-15(13-4-3-5-14(18)10-13)17(16(20)21)6-8-19-9-7-17/h3-5,10,12,15,19H,6-9,11H2,1-2H3. The molecule has 0 aliphatic carbocycles. The van der Waals surface area contributed by atoms with Gasteiger partial charge in [-0.2, -0.15) is 0 Å². The first-order valence-corrected chi connectivity index (χ1v) is 8.19. The van der Waals surface area contributed by atoms with Crippen LogP contribution in [0.15, 0.2) is 24.3 Å². The van der Waals surface area contributed by atoms with Gasteiger partial charge in [-0.15, -0.1) is 0 Å². The summed E-state index contributed by atoms with van der Waals surface area (Å²) < 4.78 is 0. The second-order valence-corrected chi connectivity index (χ2v) is 7.00. The van der Waals surface area contributed by atoms with Crippen LogP contribution in [0, 0.1) is 5.41 Å². The SMILES string of the molecule is CC(C)N1CC(c2cccc(Cl)c2)C2(CCNCC2)C1=O. The average Bonchev–Trinajstić information content (AvgIpc) is 2.74. The number of likely N-dealkylation sites (tertiary alicyclic amines) is 1. The summed E-state index contributed by atoms with van der Waals surface area (Å²) in [6, 6.07) is 8.31. The summed E-state index contributed by atoms with van der Waals surface area (Å²) in [4.78, 5) is 15.1. The quantitative estimate of drug-likeness (QED) is 0.911. The van der Waals surface area contributed by atoms with E-state index in [1.165, 1.54) is 5.56 Å². The third kappa shape index (κ3) is 2.47. The first kappa shape index (κ1) is 14.9. The Morgan fingerprint density at radius 2 is 2.05 bits per heavy atom. The molecule has 114 valence electrons. The number of nitrogens with one attached hydrogen (secondary N) is 1. The molecule has 1 aromatic rings. The molecule has 1 spiro atoms. The summed E-state index contributed by atoms with van der Waals surface area (Å²) in [6.07, 6.45) is 1.85. The number of piperidine rings is 1. The van der Waals surface area contributed by atoms with Gasteiger partial charge >= 0.3 is 0 Å². The Hall–Kier alpha value is -1.06. The summed E-state index contributed by atoms with van der Waals surface area (Å²) in [5, 5.41) is 4.14. The Morgan fingerprint density at radius 1 is 1.33 bits per heavy atom. The topological polar surface area (TPSA) is 32.3 Å². The van der Waals surface area contributed by atoms with Crippen LogP contribution in [0.1, 0.15) is 38.2 Å². The molecule has 0 bridgehead atoms. The van der Waals surface area contributed by atoms with Crippen LogP contribution in [0.3, 0.4) is 0 Å². The van der Waals surface area contributed by atoms with Gasteiger partial charge in [0.2, 0.25) is 5.91 Å². The van der Waals surface area contributed by atoms with Gasteiger partial charge in [0.05, 0.1) is 5.41 Å². The minimum Gasteiger partial charge on any atom is -0.339 e. The van der Waals surface area contributed by atoms with Crippen molar-refractivity contribution in [1.29, 1.82) is 0 Å². The van der Waals surface area contributed by atoms with E-state index < -0.39 is 0 Å². The number of benzene rings is 1. The molecule has 1 atom stereocenters. The zero-order valence-corrected chi connectivity index (χ0v) is 13.5. The van der Waals surface area contributed by atoms with Crippen LogP contribution in [0.5, 0.6) is 0 Å². The highest BCUT2D eigenvalue weighted by atomic mass is 35.5. The van der Waals surface area contributed by atoms with Crippen LogP contribution in [0.4, 0.5) is 0 Å². The third-order valence-corrected chi connectivity index (χ3v) is 5.34. The maximum absolute atomic E-state index is 13.1. The fraction of sp³-hybridized carbons (Fsp3) is 0.588. The number of nitrogens with zero attached hydrogens (tertiary/aromatic N) is 1. The van der Waals surface area contributed by atoms with Gasteiger partial charge in [-0.25, -0.2) is 0 Å². The van der Waals surface area contributed by atoms with Crippen molar-refractivity contribution in [3.05, 3.63) is 34.9 Å². The molecule has 2 aliphatic heterocycles. The van der Waals surface area contributed by atoms with Crippen molar-refractivity contribution in [2.45, 2.75) is 38.6 Å². The second kappa shape index (κ2) is 5.62. The molecule has 1 amide bonds. The Balaban J connectivity index is 2.02. The Bertz CT molecular complexity index is 537. The molecule has 1 unspecified atom stereocenters. The van der Waals surface area contributed by atoms with E-state index in [-0.39, 0.29) is 17.4 Å². The maximum Gasteiger partial charge on any atom is 0.229 e. The van der Waals surface area contributed by atoms with Gasteiger partial charge in [-0.3, -0.25) is 4.79 Å². The lowest BCUT2D eigenvalue weighted by Crippen LogP contribution is -2.45. The van der Waals surface area contributed by atoms with Gasteiger partial charge in [0.25, 0.3) is 0 Å². The zero-order chi connectivity index (χ0) is 15.0. The molecule has 4 heteroatoms. The van der Waals surface area contributed by atoms with E-state index in [1.807, 2.05) is 18.2 Å². The summed E-state index contributed by atoms with van der Waals surface area (Å²) in [7, 11) is 0. The molecule has 2 heterocycles. The predicted molar refractivity (Wildman–Crippen MR) is 85.6 cm³/mol. The second-order valence-electron chi connectivity index (χ2n) is 6.56. The van der Waals surface area contributed by atoms with Crippen molar-refractivity contribution < 1.29 is 4.79 Å². The molecule has 0 radical (unpaired) electrons. The largest absolute Gasteiger partial charge is 0.339 e. The highest BCUT2D eigenvalue weighted by Crippen LogP contribution is 2.50. The lowest BCUT2D eigenvalue weighted by Gasteiger charge is -2.37. The van der Waals surface area contributed by atoms with Gasteiger partial charge in [0.15, 0.2) is 0 Å². The first-order chi connectivity index (χ1) is 10.0. The molecular weight excluding hydrogens is 284 g/mol. The van der Waals surface area contributed by atoms with Gasteiger partial charge in [-0.1, -0.05) is 23.7 Å². The van der Waals surface area contributed by atoms with Crippen LogP contribution >= 0.6 is 11.6 Å². The van der Waals surface area contributed by atoms with Crippen LogP contribution in [0.25, 0.3) is 0 Å². The number of amides is 1. The summed E-state index contributed by atoms with van der Waals surface area (Å²) in [5.41, 5.74) is 0.973. The molecule has 2 saturated heterocycles. The molecule has 21 heavy (non-hydrogen) atoms. The van der Waals surface area contributed by atoms with E-state index in [1.54, 1.807) is 0 Å². The average molecular weight is 307 g/mol. The molecule has 2 aliphatic rings. The number of hydrogen-bond acceptors (Lipinski definition) is 2. The summed E-state index contributed by atoms with van der Waals surface area (Å²) in [5.74, 6) is 0.595. The van der Waals surface area contributed by atoms with Gasteiger partial charge in [0, 0.05) is 23.5 Å². The Morgan fingerprint density at radius 3 is 2.67 bits per heavy atom. The predicted octanol–water partition coefficient (Wildman–Crippen LogP) is 3.04. The normalized spacial score (nSPS) is 25.0. The van der Waals surface area contributed by atoms with Crippen molar-refractivity contribution in [3.63, 3.8) is 0 Å². The van der Waals surface area contributed by atoms with E-state index >= 15 is 0 Å². The Kier molecular flexibility index (Phi) is 3.98. The van der Waals surface area contributed by atoms with Crippen LogP contribution in [0.2, 0.25) is 5.02 Å². The number of halogens is 1. The first-order valence-electron chi connectivity index (χ1n) is 7.82. The fourth-order valence-electron chi connectivity index (χ4n) is 3.92. The third-order valence-electron chi connectivity index (χ3n) is 5.10. The van der Waals surface area contributed by atoms with Crippen LogP contribution in [-0.2, 0) is 4.79 Å².